The maximum atomic E-state index is 14.1. The van der Waals surface area contributed by atoms with Gasteiger partial charge in [-0.15, -0.1) is 11.8 Å². The van der Waals surface area contributed by atoms with Crippen LogP contribution in [0.3, 0.4) is 0 Å². The largest absolute Gasteiger partial charge is 0.462 e. The van der Waals surface area contributed by atoms with E-state index < -0.39 is 41.6 Å². The number of hydrogen-bond acceptors (Lipinski definition) is 8. The molecule has 4 aliphatic heterocycles. The van der Waals surface area contributed by atoms with Crippen molar-refractivity contribution in [3.63, 3.8) is 0 Å². The Morgan fingerprint density at radius 1 is 1.04 bits per heavy atom. The van der Waals surface area contributed by atoms with Gasteiger partial charge in [-0.3, -0.25) is 4.79 Å². The number of allylic oxidation sites excluding steroid dienone is 3. The number of carbonyl (C=O) groups excluding carboxylic acids is 1. The standard InChI is InChI=1S/C39H52O7S/c1-23(2)34-24(3)17-18-38(46-34)21-30-20-29(45-38)16-15-26(5)35(47-31-13-8-7-9-14-31)25(4)11-10-12-28-22-43-36-33(40)27(6)19-32(37(41)44-30)39(28,36)42/h7-15,19,23-25,29-30,32-36,40,42H,16-18,20-22H2,1-6H3/b11-10+,26-15+,28-12+. The average Bonchev–Trinajstić information content (AvgIpc) is 3.38. The maximum absolute atomic E-state index is 14.1. The Kier molecular flexibility index (Phi) is 10.3. The number of ether oxygens (including phenoxy) is 4. The van der Waals surface area contributed by atoms with E-state index in [0.29, 0.717) is 42.2 Å². The topological polar surface area (TPSA) is 94.5 Å². The number of fused-ring (bicyclic) bond motifs is 2. The van der Waals surface area contributed by atoms with Crippen LogP contribution in [0.15, 0.2) is 82.3 Å². The molecular weight excluding hydrogens is 612 g/mol. The van der Waals surface area contributed by atoms with Crippen molar-refractivity contribution < 1.29 is 34.0 Å². The van der Waals surface area contributed by atoms with Crippen LogP contribution in [0.5, 0.6) is 0 Å². The highest BCUT2D eigenvalue weighted by Crippen LogP contribution is 2.48. The second-order valence-corrected chi connectivity index (χ2v) is 16.1. The minimum atomic E-state index is -1.73. The highest BCUT2D eigenvalue weighted by atomic mass is 32.2. The summed E-state index contributed by atoms with van der Waals surface area (Å²) in [5, 5.41) is 23.5. The maximum Gasteiger partial charge on any atom is 0.316 e. The second kappa shape index (κ2) is 14.0. The molecule has 3 fully saturated rings. The molecule has 0 aromatic heterocycles. The SMILES string of the molecule is CC1=CC2C(=O)OC3CC(C/C=C(\C)C(Sc4ccccc4)C(C)/C=C/C=C4\COC(C1O)C42O)OC1(CCC(C)C(C(C)C)O1)C3. The third-order valence-corrected chi connectivity index (χ3v) is 12.5. The molecule has 1 aromatic rings. The summed E-state index contributed by atoms with van der Waals surface area (Å²) in [6.07, 6.45) is 10.7. The monoisotopic (exact) mass is 664 g/mol. The van der Waals surface area contributed by atoms with E-state index in [1.165, 1.54) is 10.5 Å². The molecule has 256 valence electrons. The van der Waals surface area contributed by atoms with E-state index in [-0.39, 0.29) is 30.0 Å². The minimum Gasteiger partial charge on any atom is -0.462 e. The molecule has 7 nitrogen and oxygen atoms in total. The van der Waals surface area contributed by atoms with Gasteiger partial charge in [-0.25, -0.2) is 0 Å². The lowest BCUT2D eigenvalue weighted by Gasteiger charge is -2.50. The summed E-state index contributed by atoms with van der Waals surface area (Å²) in [6, 6.07) is 10.5. The van der Waals surface area contributed by atoms with Crippen molar-refractivity contribution in [2.24, 2.45) is 23.7 Å². The Morgan fingerprint density at radius 2 is 1.81 bits per heavy atom. The summed E-state index contributed by atoms with van der Waals surface area (Å²) >= 11 is 1.84. The number of carbonyl (C=O) groups is 1. The first-order chi connectivity index (χ1) is 22.4. The van der Waals surface area contributed by atoms with Crippen LogP contribution in [0.4, 0.5) is 0 Å². The summed E-state index contributed by atoms with van der Waals surface area (Å²) in [4.78, 5) is 15.3. The number of esters is 1. The molecule has 1 aliphatic carbocycles. The number of thioether (sulfide) groups is 1. The van der Waals surface area contributed by atoms with E-state index in [2.05, 4.69) is 71.0 Å². The van der Waals surface area contributed by atoms with Gasteiger partial charge in [0.25, 0.3) is 0 Å². The van der Waals surface area contributed by atoms with Gasteiger partial charge in [-0.05, 0) is 67.7 Å². The van der Waals surface area contributed by atoms with E-state index >= 15 is 0 Å². The van der Waals surface area contributed by atoms with Gasteiger partial charge in [0.2, 0.25) is 0 Å². The predicted octanol–water partition coefficient (Wildman–Crippen LogP) is 6.94. The minimum absolute atomic E-state index is 0.0449. The third kappa shape index (κ3) is 6.97. The van der Waals surface area contributed by atoms with Crippen molar-refractivity contribution in [2.75, 3.05) is 6.61 Å². The lowest BCUT2D eigenvalue weighted by molar-refractivity contribution is -0.340. The Bertz CT molecular complexity index is 1420. The fourth-order valence-electron chi connectivity index (χ4n) is 8.27. The molecule has 11 atom stereocenters. The van der Waals surface area contributed by atoms with Crippen molar-refractivity contribution in [1.29, 1.82) is 0 Å². The molecule has 1 spiro atoms. The Balaban J connectivity index is 1.40. The van der Waals surface area contributed by atoms with E-state index in [4.69, 9.17) is 18.9 Å². The van der Waals surface area contributed by atoms with Gasteiger partial charge in [0.05, 0.1) is 18.8 Å². The first-order valence-corrected chi connectivity index (χ1v) is 18.3. The van der Waals surface area contributed by atoms with Crippen LogP contribution < -0.4 is 0 Å². The summed E-state index contributed by atoms with van der Waals surface area (Å²) in [5.74, 6) is -1.49. The Labute approximate surface area is 284 Å². The number of aliphatic hydroxyl groups is 2. The van der Waals surface area contributed by atoms with Gasteiger partial charge >= 0.3 is 5.97 Å². The lowest BCUT2D eigenvalue weighted by atomic mass is 9.71. The first-order valence-electron chi connectivity index (χ1n) is 17.4. The van der Waals surface area contributed by atoms with Gasteiger partial charge < -0.3 is 29.2 Å². The molecule has 4 heterocycles. The number of aliphatic hydroxyl groups excluding tert-OH is 1. The summed E-state index contributed by atoms with van der Waals surface area (Å²) < 4.78 is 26.1. The zero-order valence-electron chi connectivity index (χ0n) is 28.6. The smallest absolute Gasteiger partial charge is 0.316 e. The Morgan fingerprint density at radius 3 is 2.55 bits per heavy atom. The zero-order chi connectivity index (χ0) is 33.5. The van der Waals surface area contributed by atoms with Crippen LogP contribution in [-0.2, 0) is 23.7 Å². The molecular formula is C39H52O7S. The molecule has 0 radical (unpaired) electrons. The molecule has 6 rings (SSSR count). The fourth-order valence-corrected chi connectivity index (χ4v) is 9.47. The molecule has 5 aliphatic rings. The van der Waals surface area contributed by atoms with Gasteiger partial charge in [-0.1, -0.05) is 81.8 Å². The zero-order valence-corrected chi connectivity index (χ0v) is 29.5. The van der Waals surface area contributed by atoms with Crippen LogP contribution in [0, 0.1) is 23.7 Å². The fraction of sp³-hybridized carbons (Fsp3) is 0.615. The third-order valence-electron chi connectivity index (χ3n) is 10.9. The molecule has 1 aromatic carbocycles. The summed E-state index contributed by atoms with van der Waals surface area (Å²) in [7, 11) is 0. The number of hydrogen-bond donors (Lipinski definition) is 2. The molecule has 3 saturated heterocycles. The highest BCUT2D eigenvalue weighted by molar-refractivity contribution is 8.00. The Hall–Kier alpha value is -2.20. The molecule has 2 N–H and O–H groups in total. The van der Waals surface area contributed by atoms with E-state index in [1.807, 2.05) is 30.0 Å². The van der Waals surface area contributed by atoms with Gasteiger partial charge in [0.15, 0.2) is 5.79 Å². The first kappa shape index (κ1) is 34.7. The number of rotatable bonds is 3. The molecule has 47 heavy (non-hydrogen) atoms. The van der Waals surface area contributed by atoms with Gasteiger partial charge in [0.1, 0.15) is 29.8 Å². The highest BCUT2D eigenvalue weighted by Gasteiger charge is 2.60. The summed E-state index contributed by atoms with van der Waals surface area (Å²) in [6.45, 7) is 12.9. The average molecular weight is 665 g/mol. The van der Waals surface area contributed by atoms with E-state index in [9.17, 15) is 15.0 Å². The second-order valence-electron chi connectivity index (χ2n) is 14.9. The van der Waals surface area contributed by atoms with Crippen LogP contribution in [0.25, 0.3) is 0 Å². The van der Waals surface area contributed by atoms with E-state index in [0.717, 1.165) is 12.8 Å². The molecule has 11 unspecified atom stereocenters. The predicted molar refractivity (Wildman–Crippen MR) is 184 cm³/mol. The van der Waals surface area contributed by atoms with Crippen molar-refractivity contribution in [3.8, 4) is 0 Å². The van der Waals surface area contributed by atoms with Crippen molar-refractivity contribution in [1.82, 2.24) is 0 Å². The van der Waals surface area contributed by atoms with Crippen LogP contribution in [-0.4, -0.2) is 69.9 Å². The quantitative estimate of drug-likeness (QED) is 0.265. The summed E-state index contributed by atoms with van der Waals surface area (Å²) in [5.41, 5.74) is 0.683. The van der Waals surface area contributed by atoms with Crippen molar-refractivity contribution in [3.05, 3.63) is 77.4 Å². The molecule has 0 amide bonds. The number of benzene rings is 1. The van der Waals surface area contributed by atoms with E-state index in [1.54, 1.807) is 13.0 Å². The van der Waals surface area contributed by atoms with Crippen molar-refractivity contribution >= 4 is 17.7 Å². The van der Waals surface area contributed by atoms with Crippen LogP contribution >= 0.6 is 11.8 Å². The molecule has 0 saturated carbocycles. The normalized spacial score (nSPS) is 44.1. The van der Waals surface area contributed by atoms with Gasteiger partial charge in [0, 0.05) is 29.4 Å². The van der Waals surface area contributed by atoms with Crippen LogP contribution in [0.1, 0.15) is 73.6 Å². The molecule has 2 bridgehead atoms. The van der Waals surface area contributed by atoms with Gasteiger partial charge in [-0.2, -0.15) is 0 Å². The van der Waals surface area contributed by atoms with Crippen LogP contribution in [0.2, 0.25) is 0 Å². The van der Waals surface area contributed by atoms with Crippen molar-refractivity contribution in [2.45, 2.75) is 126 Å². The lowest BCUT2D eigenvalue weighted by Crippen LogP contribution is -2.58. The molecule has 8 heteroatoms.